The molecule has 0 aromatic heterocycles. The number of hydrogen-bond acceptors (Lipinski definition) is 2. The first-order chi connectivity index (χ1) is 9.63. The van der Waals surface area contributed by atoms with E-state index in [0.29, 0.717) is 0 Å². The second-order valence-electron chi connectivity index (χ2n) is 5.48. The van der Waals surface area contributed by atoms with Gasteiger partial charge in [-0.2, -0.15) is 0 Å². The molecule has 1 aliphatic heterocycles. The summed E-state index contributed by atoms with van der Waals surface area (Å²) in [5, 5.41) is 0. The van der Waals surface area contributed by atoms with E-state index in [4.69, 9.17) is 0 Å². The SMILES string of the molecule is C=CC(C(C)C(=O)c1ccc(Br)cc1)N1CCCCC1. The van der Waals surface area contributed by atoms with Gasteiger partial charge in [-0.05, 0) is 38.1 Å². The quantitative estimate of drug-likeness (QED) is 0.590. The van der Waals surface area contributed by atoms with Crippen molar-refractivity contribution >= 4 is 21.7 Å². The molecule has 20 heavy (non-hydrogen) atoms. The number of ketones is 1. The van der Waals surface area contributed by atoms with E-state index in [1.165, 1.54) is 19.3 Å². The molecular formula is C17H22BrNO. The smallest absolute Gasteiger partial charge is 0.167 e. The van der Waals surface area contributed by atoms with Crippen molar-refractivity contribution in [2.75, 3.05) is 13.1 Å². The van der Waals surface area contributed by atoms with Crippen molar-refractivity contribution in [1.82, 2.24) is 4.90 Å². The van der Waals surface area contributed by atoms with Gasteiger partial charge in [0, 0.05) is 22.0 Å². The summed E-state index contributed by atoms with van der Waals surface area (Å²) in [5.41, 5.74) is 0.782. The fourth-order valence-corrected chi connectivity index (χ4v) is 3.18. The molecule has 2 atom stereocenters. The third-order valence-electron chi connectivity index (χ3n) is 4.11. The number of likely N-dealkylation sites (tertiary alicyclic amines) is 1. The van der Waals surface area contributed by atoms with Gasteiger partial charge in [-0.25, -0.2) is 0 Å². The third kappa shape index (κ3) is 3.58. The van der Waals surface area contributed by atoms with Crippen molar-refractivity contribution < 1.29 is 4.79 Å². The van der Waals surface area contributed by atoms with Gasteiger partial charge in [0.1, 0.15) is 0 Å². The Bertz CT molecular complexity index is 462. The highest BCUT2D eigenvalue weighted by molar-refractivity contribution is 9.10. The fourth-order valence-electron chi connectivity index (χ4n) is 2.92. The van der Waals surface area contributed by atoms with Crippen LogP contribution in [0.25, 0.3) is 0 Å². The lowest BCUT2D eigenvalue weighted by Crippen LogP contribution is -2.43. The Morgan fingerprint density at radius 3 is 2.40 bits per heavy atom. The molecule has 0 radical (unpaired) electrons. The van der Waals surface area contributed by atoms with Crippen LogP contribution < -0.4 is 0 Å². The van der Waals surface area contributed by atoms with Crippen molar-refractivity contribution in [3.05, 3.63) is 47.0 Å². The van der Waals surface area contributed by atoms with Gasteiger partial charge in [0.2, 0.25) is 0 Å². The van der Waals surface area contributed by atoms with E-state index < -0.39 is 0 Å². The molecule has 1 saturated heterocycles. The van der Waals surface area contributed by atoms with Gasteiger partial charge < -0.3 is 0 Å². The molecule has 1 heterocycles. The summed E-state index contributed by atoms with van der Waals surface area (Å²) in [6.45, 7) is 8.12. The fraction of sp³-hybridized carbons (Fsp3) is 0.471. The Kier molecular flexibility index (Phi) is 5.55. The maximum atomic E-state index is 12.6. The molecule has 1 fully saturated rings. The van der Waals surface area contributed by atoms with Crippen molar-refractivity contribution in [1.29, 1.82) is 0 Å². The molecule has 0 amide bonds. The Morgan fingerprint density at radius 1 is 1.25 bits per heavy atom. The Balaban J connectivity index is 2.10. The highest BCUT2D eigenvalue weighted by Gasteiger charge is 2.28. The van der Waals surface area contributed by atoms with Crippen LogP contribution in [0, 0.1) is 5.92 Å². The van der Waals surface area contributed by atoms with E-state index in [1.807, 2.05) is 37.3 Å². The number of hydrogen-bond donors (Lipinski definition) is 0. The topological polar surface area (TPSA) is 20.3 Å². The molecule has 0 N–H and O–H groups in total. The summed E-state index contributed by atoms with van der Waals surface area (Å²) in [7, 11) is 0. The van der Waals surface area contributed by atoms with Crippen LogP contribution >= 0.6 is 15.9 Å². The molecule has 1 aliphatic rings. The summed E-state index contributed by atoms with van der Waals surface area (Å²) < 4.78 is 0.998. The average Bonchev–Trinajstić information content (AvgIpc) is 2.49. The first-order valence-electron chi connectivity index (χ1n) is 7.30. The molecule has 0 saturated carbocycles. The number of carbonyl (C=O) groups is 1. The Morgan fingerprint density at radius 2 is 1.85 bits per heavy atom. The van der Waals surface area contributed by atoms with E-state index >= 15 is 0 Å². The molecule has 108 valence electrons. The van der Waals surface area contributed by atoms with Crippen molar-refractivity contribution in [3.8, 4) is 0 Å². The molecule has 2 unspecified atom stereocenters. The molecule has 2 rings (SSSR count). The van der Waals surface area contributed by atoms with Gasteiger partial charge in [0.05, 0.1) is 0 Å². The molecular weight excluding hydrogens is 314 g/mol. The van der Waals surface area contributed by atoms with Crippen LogP contribution in [0.15, 0.2) is 41.4 Å². The van der Waals surface area contributed by atoms with Crippen molar-refractivity contribution in [3.63, 3.8) is 0 Å². The Labute approximate surface area is 130 Å². The number of benzene rings is 1. The predicted octanol–water partition coefficient (Wildman–Crippen LogP) is 4.31. The number of halogens is 1. The lowest BCUT2D eigenvalue weighted by Gasteiger charge is -2.35. The van der Waals surface area contributed by atoms with Gasteiger partial charge in [0.25, 0.3) is 0 Å². The van der Waals surface area contributed by atoms with Gasteiger partial charge in [0.15, 0.2) is 5.78 Å². The first kappa shape index (κ1) is 15.5. The average molecular weight is 336 g/mol. The minimum Gasteiger partial charge on any atom is -0.296 e. The molecule has 0 aliphatic carbocycles. The molecule has 2 nitrogen and oxygen atoms in total. The minimum atomic E-state index is -0.0493. The largest absolute Gasteiger partial charge is 0.296 e. The van der Waals surface area contributed by atoms with Crippen LogP contribution in [0.3, 0.4) is 0 Å². The zero-order valence-corrected chi connectivity index (χ0v) is 13.6. The van der Waals surface area contributed by atoms with Crippen LogP contribution in [0.5, 0.6) is 0 Å². The molecule has 0 bridgehead atoms. The van der Waals surface area contributed by atoms with Crippen molar-refractivity contribution in [2.45, 2.75) is 32.2 Å². The lowest BCUT2D eigenvalue weighted by atomic mass is 9.90. The summed E-state index contributed by atoms with van der Waals surface area (Å²) in [6, 6.07) is 7.76. The van der Waals surface area contributed by atoms with Gasteiger partial charge in [-0.3, -0.25) is 9.69 Å². The number of rotatable bonds is 5. The number of Topliss-reactive ketones (excluding diaryl/α,β-unsaturated/α-hetero) is 1. The maximum Gasteiger partial charge on any atom is 0.167 e. The zero-order chi connectivity index (χ0) is 14.5. The standard InChI is InChI=1S/C17H22BrNO/c1-3-16(19-11-5-4-6-12-19)13(2)17(20)14-7-9-15(18)10-8-14/h3,7-10,13,16H,1,4-6,11-12H2,2H3. The highest BCUT2D eigenvalue weighted by atomic mass is 79.9. The molecule has 0 spiro atoms. The second-order valence-corrected chi connectivity index (χ2v) is 6.40. The van der Waals surface area contributed by atoms with Crippen molar-refractivity contribution in [2.24, 2.45) is 5.92 Å². The van der Waals surface area contributed by atoms with E-state index in [2.05, 4.69) is 27.4 Å². The number of carbonyl (C=O) groups excluding carboxylic acids is 1. The summed E-state index contributed by atoms with van der Waals surface area (Å²) in [4.78, 5) is 15.0. The van der Waals surface area contributed by atoms with Crippen LogP contribution in [0.1, 0.15) is 36.5 Å². The lowest BCUT2D eigenvalue weighted by molar-refractivity contribution is 0.0824. The van der Waals surface area contributed by atoms with E-state index in [1.54, 1.807) is 0 Å². The normalized spacial score (nSPS) is 19.3. The van der Waals surface area contributed by atoms with E-state index in [0.717, 1.165) is 23.1 Å². The summed E-state index contributed by atoms with van der Waals surface area (Å²) >= 11 is 3.40. The van der Waals surface area contributed by atoms with Crippen LogP contribution in [0.4, 0.5) is 0 Å². The van der Waals surface area contributed by atoms with Crippen LogP contribution in [-0.2, 0) is 0 Å². The zero-order valence-electron chi connectivity index (χ0n) is 12.0. The van der Waals surface area contributed by atoms with Gasteiger partial charge in [-0.1, -0.05) is 47.5 Å². The Hall–Kier alpha value is -0.930. The highest BCUT2D eigenvalue weighted by Crippen LogP contribution is 2.22. The van der Waals surface area contributed by atoms with E-state index in [9.17, 15) is 4.79 Å². The minimum absolute atomic E-state index is 0.0493. The van der Waals surface area contributed by atoms with Crippen LogP contribution in [-0.4, -0.2) is 29.8 Å². The van der Waals surface area contributed by atoms with E-state index in [-0.39, 0.29) is 17.7 Å². The summed E-state index contributed by atoms with van der Waals surface area (Å²) in [5.74, 6) is 0.153. The molecule has 1 aromatic rings. The number of nitrogens with zero attached hydrogens (tertiary/aromatic N) is 1. The first-order valence-corrected chi connectivity index (χ1v) is 8.09. The van der Waals surface area contributed by atoms with Gasteiger partial charge in [-0.15, -0.1) is 6.58 Å². The summed E-state index contributed by atoms with van der Waals surface area (Å²) in [6.07, 6.45) is 5.69. The third-order valence-corrected chi connectivity index (χ3v) is 4.64. The molecule has 1 aromatic carbocycles. The predicted molar refractivity (Wildman–Crippen MR) is 87.0 cm³/mol. The maximum absolute atomic E-state index is 12.6. The van der Waals surface area contributed by atoms with Crippen LogP contribution in [0.2, 0.25) is 0 Å². The number of piperidine rings is 1. The molecule has 3 heteroatoms. The monoisotopic (exact) mass is 335 g/mol. The van der Waals surface area contributed by atoms with Gasteiger partial charge >= 0.3 is 0 Å². The second kappa shape index (κ2) is 7.19.